The van der Waals surface area contributed by atoms with Crippen molar-refractivity contribution < 1.29 is 14.4 Å². The Morgan fingerprint density at radius 3 is 2.66 bits per heavy atom. The SMILES string of the molecule is C=CCNC(=O)c1ccc(CN2C(=O)[C@H]3CCCN3C(=O)c3ccccc32)cc1. The summed E-state index contributed by atoms with van der Waals surface area (Å²) in [6, 6.07) is 14.1. The summed E-state index contributed by atoms with van der Waals surface area (Å²) in [5, 5.41) is 2.74. The van der Waals surface area contributed by atoms with Crippen LogP contribution in [-0.4, -0.2) is 41.8 Å². The van der Waals surface area contributed by atoms with Crippen LogP contribution in [0, 0.1) is 0 Å². The minimum Gasteiger partial charge on any atom is -0.349 e. The molecule has 2 heterocycles. The summed E-state index contributed by atoms with van der Waals surface area (Å²) in [4.78, 5) is 41.7. The Labute approximate surface area is 169 Å². The maximum Gasteiger partial charge on any atom is 0.256 e. The fourth-order valence-electron chi connectivity index (χ4n) is 3.98. The van der Waals surface area contributed by atoms with E-state index < -0.39 is 6.04 Å². The standard InChI is InChI=1S/C23H23N3O3/c1-2-13-24-21(27)17-11-9-16(10-12-17)15-26-19-7-4-3-6-18(19)22(28)25-14-5-8-20(25)23(26)29/h2-4,6-7,9-12,20H,1,5,8,13-15H2,(H,24,27)/t20-/m1/s1. The molecule has 4 rings (SSSR count). The molecule has 0 spiro atoms. The van der Waals surface area contributed by atoms with Crippen molar-refractivity contribution in [3.8, 4) is 0 Å². The van der Waals surface area contributed by atoms with Crippen LogP contribution in [0.3, 0.4) is 0 Å². The lowest BCUT2D eigenvalue weighted by Gasteiger charge is -2.26. The first-order valence-corrected chi connectivity index (χ1v) is 9.79. The van der Waals surface area contributed by atoms with Crippen molar-refractivity contribution in [2.24, 2.45) is 0 Å². The Morgan fingerprint density at radius 1 is 1.14 bits per heavy atom. The van der Waals surface area contributed by atoms with Crippen LogP contribution in [-0.2, 0) is 11.3 Å². The molecular formula is C23H23N3O3. The summed E-state index contributed by atoms with van der Waals surface area (Å²) >= 11 is 0. The second-order valence-electron chi connectivity index (χ2n) is 7.29. The third kappa shape index (κ3) is 3.53. The van der Waals surface area contributed by atoms with Gasteiger partial charge in [-0.3, -0.25) is 14.4 Å². The molecule has 2 aliphatic rings. The first kappa shape index (κ1) is 18.9. The van der Waals surface area contributed by atoms with E-state index in [4.69, 9.17) is 0 Å². The molecule has 6 nitrogen and oxygen atoms in total. The number of benzene rings is 2. The van der Waals surface area contributed by atoms with E-state index in [1.807, 2.05) is 30.3 Å². The van der Waals surface area contributed by atoms with Gasteiger partial charge >= 0.3 is 0 Å². The van der Waals surface area contributed by atoms with Gasteiger partial charge in [0.1, 0.15) is 6.04 Å². The number of hydrogen-bond donors (Lipinski definition) is 1. The molecule has 0 aliphatic carbocycles. The second-order valence-corrected chi connectivity index (χ2v) is 7.29. The molecule has 0 aromatic heterocycles. The lowest BCUT2D eigenvalue weighted by atomic mass is 10.1. The Balaban J connectivity index is 1.62. The van der Waals surface area contributed by atoms with Crippen LogP contribution in [0.1, 0.15) is 39.1 Å². The van der Waals surface area contributed by atoms with Gasteiger partial charge in [0, 0.05) is 18.7 Å². The fraction of sp³-hybridized carbons (Fsp3) is 0.261. The van der Waals surface area contributed by atoms with Crippen LogP contribution >= 0.6 is 0 Å². The van der Waals surface area contributed by atoms with Gasteiger partial charge in [-0.2, -0.15) is 0 Å². The summed E-state index contributed by atoms with van der Waals surface area (Å²) in [6.07, 6.45) is 3.16. The Morgan fingerprint density at radius 2 is 1.90 bits per heavy atom. The highest BCUT2D eigenvalue weighted by atomic mass is 16.2. The van der Waals surface area contributed by atoms with E-state index in [1.54, 1.807) is 34.1 Å². The number of carbonyl (C=O) groups is 3. The molecule has 148 valence electrons. The van der Waals surface area contributed by atoms with Crippen molar-refractivity contribution in [1.29, 1.82) is 0 Å². The topological polar surface area (TPSA) is 69.7 Å². The van der Waals surface area contributed by atoms with Gasteiger partial charge in [0.15, 0.2) is 0 Å². The molecule has 0 radical (unpaired) electrons. The van der Waals surface area contributed by atoms with Crippen LogP contribution < -0.4 is 10.2 Å². The first-order chi connectivity index (χ1) is 14.1. The van der Waals surface area contributed by atoms with Gasteiger partial charge in [-0.1, -0.05) is 30.3 Å². The number of para-hydroxylation sites is 1. The molecule has 0 bridgehead atoms. The average Bonchev–Trinajstić information content (AvgIpc) is 3.22. The van der Waals surface area contributed by atoms with Gasteiger partial charge in [0.2, 0.25) is 5.91 Å². The van der Waals surface area contributed by atoms with Gasteiger partial charge < -0.3 is 15.1 Å². The number of anilines is 1. The Kier molecular flexibility index (Phi) is 5.16. The number of nitrogens with one attached hydrogen (secondary N) is 1. The zero-order chi connectivity index (χ0) is 20.4. The van der Waals surface area contributed by atoms with Crippen molar-refractivity contribution in [3.63, 3.8) is 0 Å². The molecular weight excluding hydrogens is 366 g/mol. The summed E-state index contributed by atoms with van der Waals surface area (Å²) in [5.74, 6) is -0.290. The highest BCUT2D eigenvalue weighted by Crippen LogP contribution is 2.33. The highest BCUT2D eigenvalue weighted by molar-refractivity contribution is 6.11. The van der Waals surface area contributed by atoms with Gasteiger partial charge in [-0.15, -0.1) is 6.58 Å². The quantitative estimate of drug-likeness (QED) is 0.800. The summed E-state index contributed by atoms with van der Waals surface area (Å²) < 4.78 is 0. The van der Waals surface area contributed by atoms with Crippen molar-refractivity contribution in [2.45, 2.75) is 25.4 Å². The van der Waals surface area contributed by atoms with Crippen molar-refractivity contribution in [2.75, 3.05) is 18.0 Å². The average molecular weight is 389 g/mol. The Hall–Kier alpha value is -3.41. The van der Waals surface area contributed by atoms with E-state index in [0.717, 1.165) is 12.0 Å². The van der Waals surface area contributed by atoms with E-state index >= 15 is 0 Å². The lowest BCUT2D eigenvalue weighted by Crippen LogP contribution is -2.44. The zero-order valence-corrected chi connectivity index (χ0v) is 16.1. The molecule has 2 aromatic rings. The van der Waals surface area contributed by atoms with Crippen LogP contribution in [0.5, 0.6) is 0 Å². The van der Waals surface area contributed by atoms with Crippen LogP contribution in [0.2, 0.25) is 0 Å². The van der Waals surface area contributed by atoms with E-state index in [1.165, 1.54) is 0 Å². The van der Waals surface area contributed by atoms with Crippen molar-refractivity contribution in [1.82, 2.24) is 10.2 Å². The predicted octanol–water partition coefficient (Wildman–Crippen LogP) is 2.75. The number of hydrogen-bond acceptors (Lipinski definition) is 3. The molecule has 1 atom stereocenters. The Bertz CT molecular complexity index is 968. The van der Waals surface area contributed by atoms with Crippen molar-refractivity contribution in [3.05, 3.63) is 77.9 Å². The number of nitrogens with zero attached hydrogens (tertiary/aromatic N) is 2. The van der Waals surface area contributed by atoms with Gasteiger partial charge in [0.05, 0.1) is 17.8 Å². The molecule has 29 heavy (non-hydrogen) atoms. The first-order valence-electron chi connectivity index (χ1n) is 9.79. The number of amides is 3. The minimum absolute atomic E-state index is 0.0476. The zero-order valence-electron chi connectivity index (χ0n) is 16.1. The monoisotopic (exact) mass is 389 g/mol. The van der Waals surface area contributed by atoms with Gasteiger partial charge in [0.25, 0.3) is 11.8 Å². The van der Waals surface area contributed by atoms with E-state index in [0.29, 0.717) is 42.9 Å². The third-order valence-corrected chi connectivity index (χ3v) is 5.45. The predicted molar refractivity (Wildman–Crippen MR) is 111 cm³/mol. The molecule has 6 heteroatoms. The molecule has 2 aromatic carbocycles. The van der Waals surface area contributed by atoms with Crippen LogP contribution in [0.15, 0.2) is 61.2 Å². The largest absolute Gasteiger partial charge is 0.349 e. The fourth-order valence-corrected chi connectivity index (χ4v) is 3.98. The molecule has 0 saturated carbocycles. The minimum atomic E-state index is -0.404. The molecule has 1 N–H and O–H groups in total. The number of rotatable bonds is 5. The second kappa shape index (κ2) is 7.91. The van der Waals surface area contributed by atoms with Crippen LogP contribution in [0.25, 0.3) is 0 Å². The van der Waals surface area contributed by atoms with Crippen LogP contribution in [0.4, 0.5) is 5.69 Å². The maximum atomic E-state index is 13.3. The summed E-state index contributed by atoms with van der Waals surface area (Å²) in [6.45, 7) is 4.96. The van der Waals surface area contributed by atoms with E-state index in [9.17, 15) is 14.4 Å². The smallest absolute Gasteiger partial charge is 0.256 e. The van der Waals surface area contributed by atoms with Crippen molar-refractivity contribution >= 4 is 23.4 Å². The normalized spacial score (nSPS) is 18.1. The summed E-state index contributed by atoms with van der Waals surface area (Å²) in [5.41, 5.74) is 2.65. The molecule has 2 aliphatic heterocycles. The molecule has 1 saturated heterocycles. The molecule has 3 amide bonds. The van der Waals surface area contributed by atoms with E-state index in [2.05, 4.69) is 11.9 Å². The van der Waals surface area contributed by atoms with Gasteiger partial charge in [-0.05, 0) is 42.7 Å². The summed E-state index contributed by atoms with van der Waals surface area (Å²) in [7, 11) is 0. The maximum absolute atomic E-state index is 13.3. The van der Waals surface area contributed by atoms with Gasteiger partial charge in [-0.25, -0.2) is 0 Å². The third-order valence-electron chi connectivity index (χ3n) is 5.45. The lowest BCUT2D eigenvalue weighted by molar-refractivity contribution is -0.122. The molecule has 1 fully saturated rings. The van der Waals surface area contributed by atoms with E-state index in [-0.39, 0.29) is 17.7 Å². The highest BCUT2D eigenvalue weighted by Gasteiger charge is 2.41. The number of fused-ring (bicyclic) bond motifs is 2. The molecule has 0 unspecified atom stereocenters. The number of carbonyl (C=O) groups excluding carboxylic acids is 3.